The van der Waals surface area contributed by atoms with Crippen molar-refractivity contribution in [2.45, 2.75) is 32.4 Å². The minimum absolute atomic E-state index is 0.123. The van der Waals surface area contributed by atoms with Crippen LogP contribution in [0.4, 0.5) is 4.39 Å². The van der Waals surface area contributed by atoms with Crippen molar-refractivity contribution in [2.24, 2.45) is 5.92 Å². The Kier molecular flexibility index (Phi) is 6.47. The van der Waals surface area contributed by atoms with Gasteiger partial charge in [0.05, 0.1) is 41.5 Å². The zero-order valence-corrected chi connectivity index (χ0v) is 20.5. The third-order valence-corrected chi connectivity index (χ3v) is 6.84. The number of ether oxygens (including phenoxy) is 1. The second kappa shape index (κ2) is 9.72. The molecule has 0 spiro atoms. The van der Waals surface area contributed by atoms with Gasteiger partial charge in [-0.15, -0.1) is 5.10 Å². The van der Waals surface area contributed by atoms with Gasteiger partial charge in [-0.05, 0) is 37.5 Å². The highest BCUT2D eigenvalue weighted by Crippen LogP contribution is 2.36. The lowest BCUT2D eigenvalue weighted by Crippen LogP contribution is -2.38. The number of piperidine rings is 1. The Morgan fingerprint density at radius 1 is 1.36 bits per heavy atom. The summed E-state index contributed by atoms with van der Waals surface area (Å²) in [7, 11) is 0. The molecule has 0 bridgehead atoms. The van der Waals surface area contributed by atoms with E-state index >= 15 is 0 Å². The van der Waals surface area contributed by atoms with Crippen molar-refractivity contribution in [3.05, 3.63) is 59.0 Å². The van der Waals surface area contributed by atoms with E-state index in [0.717, 1.165) is 18.3 Å². The van der Waals surface area contributed by atoms with Crippen molar-refractivity contribution in [3.63, 3.8) is 0 Å². The van der Waals surface area contributed by atoms with Crippen LogP contribution in [0.15, 0.2) is 36.8 Å². The normalized spacial score (nSPS) is 18.8. The van der Waals surface area contributed by atoms with Crippen molar-refractivity contribution in [2.75, 3.05) is 19.7 Å². The number of aromatic nitrogens is 6. The van der Waals surface area contributed by atoms with E-state index in [2.05, 4.69) is 33.5 Å². The molecule has 1 fully saturated rings. The van der Waals surface area contributed by atoms with Crippen molar-refractivity contribution in [3.8, 4) is 23.2 Å². The maximum absolute atomic E-state index is 13.4. The van der Waals surface area contributed by atoms with Crippen LogP contribution >= 0.6 is 11.6 Å². The fourth-order valence-corrected chi connectivity index (χ4v) is 4.92. The topological polar surface area (TPSA) is 117 Å². The maximum atomic E-state index is 13.4. The number of aliphatic hydroxyl groups is 1. The predicted octanol–water partition coefficient (Wildman–Crippen LogP) is 3.57. The van der Waals surface area contributed by atoms with Crippen LogP contribution in [0, 0.1) is 30.1 Å². The summed E-state index contributed by atoms with van der Waals surface area (Å²) in [6.07, 6.45) is 6.54. The third kappa shape index (κ3) is 4.34. The van der Waals surface area contributed by atoms with Crippen LogP contribution in [0.1, 0.15) is 36.9 Å². The van der Waals surface area contributed by atoms with Gasteiger partial charge in [-0.25, -0.2) is 13.6 Å². The van der Waals surface area contributed by atoms with E-state index in [4.69, 9.17) is 16.3 Å². The third-order valence-electron chi connectivity index (χ3n) is 6.56. The van der Waals surface area contributed by atoms with Gasteiger partial charge in [-0.1, -0.05) is 23.7 Å². The molecule has 0 radical (unpaired) electrons. The second-order valence-corrected chi connectivity index (χ2v) is 9.32. The Morgan fingerprint density at radius 2 is 2.19 bits per heavy atom. The number of pyridine rings is 2. The number of hydrogen-bond donors (Lipinski definition) is 1. The zero-order valence-electron chi connectivity index (χ0n) is 19.7. The summed E-state index contributed by atoms with van der Waals surface area (Å²) in [4.78, 5) is 5.80. The van der Waals surface area contributed by atoms with Crippen LogP contribution < -0.4 is 4.74 Å². The lowest BCUT2D eigenvalue weighted by atomic mass is 9.94. The SMILES string of the molecule is Cc1c(-c2cc(OC(CO)c3ccc(F)cn3)c3c(Cl)cnn3c2)nnn1[C@@H]1CCN(C#N)C[C@H]1C. The molecule has 0 aromatic carbocycles. The zero-order chi connectivity index (χ0) is 25.4. The van der Waals surface area contributed by atoms with Gasteiger partial charge >= 0.3 is 0 Å². The van der Waals surface area contributed by atoms with Gasteiger partial charge in [0.1, 0.15) is 22.8 Å². The Morgan fingerprint density at radius 3 is 2.89 bits per heavy atom. The predicted molar refractivity (Wildman–Crippen MR) is 129 cm³/mol. The first kappa shape index (κ1) is 24.0. The molecule has 12 heteroatoms. The second-order valence-electron chi connectivity index (χ2n) is 8.92. The van der Waals surface area contributed by atoms with Gasteiger partial charge in [0.2, 0.25) is 0 Å². The number of nitrogens with zero attached hydrogens (tertiary/aromatic N) is 8. The smallest absolute Gasteiger partial charge is 0.179 e. The molecule has 1 N–H and O–H groups in total. The number of hydrogen-bond acceptors (Lipinski definition) is 8. The number of fused-ring (bicyclic) bond motifs is 1. The molecule has 186 valence electrons. The summed E-state index contributed by atoms with van der Waals surface area (Å²) in [5, 5.41) is 32.8. The minimum Gasteiger partial charge on any atom is -0.479 e. The van der Waals surface area contributed by atoms with Crippen LogP contribution in [-0.4, -0.2) is 59.3 Å². The van der Waals surface area contributed by atoms with E-state index in [1.165, 1.54) is 18.3 Å². The first-order valence-electron chi connectivity index (χ1n) is 11.5. The summed E-state index contributed by atoms with van der Waals surface area (Å²) in [5.74, 6) is 0.112. The van der Waals surface area contributed by atoms with Crippen molar-refractivity contribution < 1.29 is 14.2 Å². The lowest BCUT2D eigenvalue weighted by Gasteiger charge is -2.34. The van der Waals surface area contributed by atoms with E-state index in [1.807, 2.05) is 11.6 Å². The highest BCUT2D eigenvalue weighted by Gasteiger charge is 2.30. The number of likely N-dealkylation sites (tertiary alicyclic amines) is 1. The van der Waals surface area contributed by atoms with E-state index in [1.54, 1.807) is 21.7 Å². The molecule has 5 rings (SSSR count). The highest BCUT2D eigenvalue weighted by atomic mass is 35.5. The van der Waals surface area contributed by atoms with Crippen molar-refractivity contribution in [1.82, 2.24) is 34.5 Å². The first-order chi connectivity index (χ1) is 17.4. The molecule has 0 aliphatic carbocycles. The number of halogens is 2. The fourth-order valence-electron chi connectivity index (χ4n) is 4.70. The molecule has 1 unspecified atom stereocenters. The quantitative estimate of drug-likeness (QED) is 0.391. The molecule has 1 saturated heterocycles. The highest BCUT2D eigenvalue weighted by molar-refractivity contribution is 6.34. The van der Waals surface area contributed by atoms with E-state index in [9.17, 15) is 14.8 Å². The Labute approximate surface area is 211 Å². The summed E-state index contributed by atoms with van der Waals surface area (Å²) in [6, 6.07) is 4.62. The van der Waals surface area contributed by atoms with Gasteiger partial charge in [-0.3, -0.25) is 4.98 Å². The monoisotopic (exact) mass is 510 g/mol. The average Bonchev–Trinajstić information content (AvgIpc) is 3.45. The molecular weight excluding hydrogens is 487 g/mol. The van der Waals surface area contributed by atoms with E-state index in [-0.39, 0.29) is 18.6 Å². The lowest BCUT2D eigenvalue weighted by molar-refractivity contribution is 0.114. The summed E-state index contributed by atoms with van der Waals surface area (Å²) in [5.41, 5.74) is 3.12. The number of rotatable bonds is 6. The number of nitriles is 1. The molecule has 4 aromatic heterocycles. The molecule has 4 aromatic rings. The fraction of sp³-hybridized carbons (Fsp3) is 0.375. The molecule has 0 amide bonds. The number of aliphatic hydroxyl groups excluding tert-OH is 1. The summed E-state index contributed by atoms with van der Waals surface area (Å²) in [6.45, 7) is 5.03. The van der Waals surface area contributed by atoms with Gasteiger partial charge in [0, 0.05) is 24.8 Å². The molecule has 3 atom stereocenters. The largest absolute Gasteiger partial charge is 0.479 e. The van der Waals surface area contributed by atoms with Gasteiger partial charge in [-0.2, -0.15) is 10.4 Å². The maximum Gasteiger partial charge on any atom is 0.179 e. The average molecular weight is 511 g/mol. The molecule has 10 nitrogen and oxygen atoms in total. The van der Waals surface area contributed by atoms with Gasteiger partial charge in [0.15, 0.2) is 12.3 Å². The van der Waals surface area contributed by atoms with Crippen molar-refractivity contribution in [1.29, 1.82) is 5.26 Å². The van der Waals surface area contributed by atoms with Crippen LogP contribution in [0.25, 0.3) is 16.8 Å². The molecule has 5 heterocycles. The Bertz CT molecular complexity index is 1430. The molecule has 0 saturated carbocycles. The molecule has 1 aliphatic rings. The minimum atomic E-state index is -0.849. The van der Waals surface area contributed by atoms with Crippen LogP contribution in [0.3, 0.4) is 0 Å². The van der Waals surface area contributed by atoms with Gasteiger partial charge in [0.25, 0.3) is 0 Å². The summed E-state index contributed by atoms with van der Waals surface area (Å²) >= 11 is 6.40. The first-order valence-corrected chi connectivity index (χ1v) is 11.9. The Balaban J connectivity index is 1.52. The van der Waals surface area contributed by atoms with E-state index in [0.29, 0.717) is 46.3 Å². The van der Waals surface area contributed by atoms with Crippen LogP contribution in [0.5, 0.6) is 5.75 Å². The van der Waals surface area contributed by atoms with Crippen LogP contribution in [-0.2, 0) is 0 Å². The van der Waals surface area contributed by atoms with Crippen LogP contribution in [0.2, 0.25) is 5.02 Å². The standard InChI is InChI=1S/C24H24ClFN8O2/c1-14-10-32(13-27)6-5-20(14)34-15(2)23(30-31-34)16-7-21(24-18(25)9-29-33(24)11-16)36-22(12-35)19-4-3-17(26)8-28-19/h3-4,7-9,11,14,20,22,35H,5-6,10,12H2,1-2H3/t14-,20-,22?/m1/s1. The molecular formula is C24H24ClFN8O2. The van der Waals surface area contributed by atoms with E-state index < -0.39 is 11.9 Å². The van der Waals surface area contributed by atoms with Crippen molar-refractivity contribution >= 4 is 17.1 Å². The Hall–Kier alpha value is -3.75. The summed E-state index contributed by atoms with van der Waals surface area (Å²) < 4.78 is 23.0. The van der Waals surface area contributed by atoms with Gasteiger partial charge < -0.3 is 14.7 Å². The molecule has 1 aliphatic heterocycles. The molecule has 36 heavy (non-hydrogen) atoms.